The first-order chi connectivity index (χ1) is 9.47. The second-order valence-corrected chi connectivity index (χ2v) is 5.49. The number of halogens is 3. The van der Waals surface area contributed by atoms with Crippen LogP contribution in [0.2, 0.25) is 0 Å². The quantitative estimate of drug-likeness (QED) is 0.919. The molecule has 3 nitrogen and oxygen atoms in total. The molecular weight excluding hydrogens is 267 g/mol. The van der Waals surface area contributed by atoms with Crippen LogP contribution in [-0.4, -0.2) is 23.0 Å². The summed E-state index contributed by atoms with van der Waals surface area (Å²) in [5, 5.41) is 7.26. The van der Waals surface area contributed by atoms with E-state index in [1.54, 1.807) is 17.9 Å². The number of rotatable bonds is 4. The number of hydrogen-bond donors (Lipinski definition) is 1. The molecule has 2 rings (SSSR count). The van der Waals surface area contributed by atoms with Gasteiger partial charge in [-0.25, -0.2) is 0 Å². The van der Waals surface area contributed by atoms with Crippen molar-refractivity contribution in [2.45, 2.75) is 51.4 Å². The Bertz CT molecular complexity index is 428. The third kappa shape index (κ3) is 3.16. The van der Waals surface area contributed by atoms with Crippen LogP contribution in [0.4, 0.5) is 13.2 Å². The van der Waals surface area contributed by atoms with E-state index in [-0.39, 0.29) is 12.5 Å². The Balaban J connectivity index is 2.23. The molecule has 1 aliphatic carbocycles. The van der Waals surface area contributed by atoms with Crippen molar-refractivity contribution in [2.24, 2.45) is 11.8 Å². The summed E-state index contributed by atoms with van der Waals surface area (Å²) in [6.07, 6.45) is 1.83. The van der Waals surface area contributed by atoms with Crippen LogP contribution in [0.15, 0.2) is 12.4 Å². The van der Waals surface area contributed by atoms with E-state index >= 15 is 0 Å². The van der Waals surface area contributed by atoms with E-state index in [2.05, 4.69) is 10.4 Å². The minimum atomic E-state index is -4.11. The topological polar surface area (TPSA) is 29.9 Å². The van der Waals surface area contributed by atoms with E-state index in [1.807, 2.05) is 13.1 Å². The highest BCUT2D eigenvalue weighted by atomic mass is 19.4. The summed E-state index contributed by atoms with van der Waals surface area (Å²) in [6, 6.07) is -0.276. The molecule has 0 aromatic carbocycles. The number of aryl methyl sites for hydroxylation is 1. The van der Waals surface area contributed by atoms with Gasteiger partial charge in [0.2, 0.25) is 0 Å². The molecule has 3 atom stereocenters. The van der Waals surface area contributed by atoms with Crippen LogP contribution in [0.1, 0.15) is 44.2 Å². The fourth-order valence-electron chi connectivity index (χ4n) is 3.31. The zero-order chi connectivity index (χ0) is 14.8. The number of nitrogens with one attached hydrogen (secondary N) is 1. The predicted molar refractivity (Wildman–Crippen MR) is 71.2 cm³/mol. The summed E-state index contributed by atoms with van der Waals surface area (Å²) in [6.45, 7) is 2.69. The average Bonchev–Trinajstić information content (AvgIpc) is 2.88. The highest BCUT2D eigenvalue weighted by Gasteiger charge is 2.48. The molecular formula is C14H22F3N3. The van der Waals surface area contributed by atoms with Gasteiger partial charge in [-0.2, -0.15) is 18.3 Å². The first-order valence-corrected chi connectivity index (χ1v) is 7.23. The summed E-state index contributed by atoms with van der Waals surface area (Å²) in [5.41, 5.74) is 0.857. The number of hydrogen-bond acceptors (Lipinski definition) is 2. The van der Waals surface area contributed by atoms with Crippen molar-refractivity contribution in [2.75, 3.05) is 7.05 Å². The van der Waals surface area contributed by atoms with Gasteiger partial charge in [0.25, 0.3) is 0 Å². The fourth-order valence-corrected chi connectivity index (χ4v) is 3.31. The third-order valence-electron chi connectivity index (χ3n) is 4.32. The van der Waals surface area contributed by atoms with Gasteiger partial charge in [0, 0.05) is 24.3 Å². The van der Waals surface area contributed by atoms with Gasteiger partial charge in [-0.1, -0.05) is 12.8 Å². The van der Waals surface area contributed by atoms with Gasteiger partial charge in [0.1, 0.15) is 0 Å². The zero-order valence-corrected chi connectivity index (χ0v) is 12.0. The van der Waals surface area contributed by atoms with Gasteiger partial charge in [-0.05, 0) is 32.7 Å². The monoisotopic (exact) mass is 289 g/mol. The van der Waals surface area contributed by atoms with E-state index in [1.165, 1.54) is 0 Å². The molecule has 0 bridgehead atoms. The molecule has 1 aromatic heterocycles. The Kier molecular flexibility index (Phi) is 4.73. The summed E-state index contributed by atoms with van der Waals surface area (Å²) in [5.74, 6) is -1.61. The van der Waals surface area contributed by atoms with Gasteiger partial charge in [0.05, 0.1) is 12.1 Å². The summed E-state index contributed by atoms with van der Waals surface area (Å²) >= 11 is 0. The smallest absolute Gasteiger partial charge is 0.313 e. The molecule has 1 fully saturated rings. The molecule has 0 aliphatic heterocycles. The van der Waals surface area contributed by atoms with Crippen molar-refractivity contribution in [3.8, 4) is 0 Å². The van der Waals surface area contributed by atoms with Gasteiger partial charge in [-0.3, -0.25) is 4.68 Å². The van der Waals surface area contributed by atoms with Crippen LogP contribution >= 0.6 is 0 Å². The molecule has 0 amide bonds. The molecule has 0 spiro atoms. The third-order valence-corrected chi connectivity index (χ3v) is 4.32. The number of aromatic nitrogens is 2. The molecule has 6 heteroatoms. The second-order valence-electron chi connectivity index (χ2n) is 5.49. The van der Waals surface area contributed by atoms with Crippen molar-refractivity contribution in [1.29, 1.82) is 0 Å². The summed E-state index contributed by atoms with van der Waals surface area (Å²) < 4.78 is 41.4. The minimum Gasteiger partial charge on any atom is -0.313 e. The Labute approximate surface area is 117 Å². The second kappa shape index (κ2) is 6.16. The van der Waals surface area contributed by atoms with E-state index in [4.69, 9.17) is 0 Å². The van der Waals surface area contributed by atoms with Crippen molar-refractivity contribution in [1.82, 2.24) is 15.1 Å². The minimum absolute atomic E-state index is 0.244. The van der Waals surface area contributed by atoms with Crippen LogP contribution in [-0.2, 0) is 6.54 Å². The highest BCUT2D eigenvalue weighted by molar-refractivity contribution is 5.13. The normalized spacial score (nSPS) is 25.6. The van der Waals surface area contributed by atoms with Crippen molar-refractivity contribution >= 4 is 0 Å². The average molecular weight is 289 g/mol. The van der Waals surface area contributed by atoms with E-state index in [0.717, 1.165) is 18.5 Å². The molecule has 1 saturated carbocycles. The fraction of sp³-hybridized carbons (Fsp3) is 0.786. The summed E-state index contributed by atoms with van der Waals surface area (Å²) in [7, 11) is 1.73. The van der Waals surface area contributed by atoms with Gasteiger partial charge >= 0.3 is 6.18 Å². The van der Waals surface area contributed by atoms with Crippen LogP contribution in [0.3, 0.4) is 0 Å². The molecule has 1 aromatic rings. The van der Waals surface area contributed by atoms with Crippen molar-refractivity contribution < 1.29 is 13.2 Å². The van der Waals surface area contributed by atoms with E-state index in [0.29, 0.717) is 12.8 Å². The maximum absolute atomic E-state index is 13.2. The van der Waals surface area contributed by atoms with Crippen molar-refractivity contribution in [3.05, 3.63) is 18.0 Å². The van der Waals surface area contributed by atoms with Crippen LogP contribution in [0.5, 0.6) is 0 Å². The van der Waals surface area contributed by atoms with Gasteiger partial charge < -0.3 is 5.32 Å². The molecule has 0 radical (unpaired) electrons. The van der Waals surface area contributed by atoms with Crippen molar-refractivity contribution in [3.63, 3.8) is 0 Å². The number of alkyl halides is 3. The maximum atomic E-state index is 13.2. The molecule has 1 heterocycles. The van der Waals surface area contributed by atoms with E-state index in [9.17, 15) is 13.2 Å². The Morgan fingerprint density at radius 3 is 2.65 bits per heavy atom. The zero-order valence-electron chi connectivity index (χ0n) is 12.0. The first kappa shape index (κ1) is 15.4. The Morgan fingerprint density at radius 1 is 1.40 bits per heavy atom. The predicted octanol–water partition coefficient (Wildman–Crippen LogP) is 3.53. The van der Waals surface area contributed by atoms with Crippen LogP contribution in [0, 0.1) is 11.8 Å². The lowest BCUT2D eigenvalue weighted by Crippen LogP contribution is -2.39. The lowest BCUT2D eigenvalue weighted by atomic mass is 9.73. The standard InChI is InChI=1S/C14H22F3N3/c1-3-20-9-10(8-19-20)13(18-2)11-6-4-5-7-12(11)14(15,16)17/h8-9,11-13,18H,3-7H2,1-2H3. The van der Waals surface area contributed by atoms with E-state index < -0.39 is 18.0 Å². The SMILES string of the molecule is CCn1cc(C(NC)C2CCCCC2C(F)(F)F)cn1. The van der Waals surface area contributed by atoms with Gasteiger partial charge in [-0.15, -0.1) is 0 Å². The molecule has 0 saturated heterocycles. The molecule has 1 N–H and O–H groups in total. The van der Waals surface area contributed by atoms with Gasteiger partial charge in [0.15, 0.2) is 0 Å². The molecule has 1 aliphatic rings. The molecule has 20 heavy (non-hydrogen) atoms. The Morgan fingerprint density at radius 2 is 2.10 bits per heavy atom. The van der Waals surface area contributed by atoms with Crippen LogP contribution in [0.25, 0.3) is 0 Å². The lowest BCUT2D eigenvalue weighted by Gasteiger charge is -2.37. The highest BCUT2D eigenvalue weighted by Crippen LogP contribution is 2.46. The first-order valence-electron chi connectivity index (χ1n) is 7.23. The largest absolute Gasteiger partial charge is 0.392 e. The maximum Gasteiger partial charge on any atom is 0.392 e. The Hall–Kier alpha value is -1.04. The van der Waals surface area contributed by atoms with Crippen LogP contribution < -0.4 is 5.32 Å². The summed E-state index contributed by atoms with van der Waals surface area (Å²) in [4.78, 5) is 0. The number of nitrogens with zero attached hydrogens (tertiary/aromatic N) is 2. The molecule has 114 valence electrons. The lowest BCUT2D eigenvalue weighted by molar-refractivity contribution is -0.199. The molecule has 3 unspecified atom stereocenters.